The zero-order chi connectivity index (χ0) is 18.2. The highest BCUT2D eigenvalue weighted by atomic mass is 16.4. The van der Waals surface area contributed by atoms with Crippen LogP contribution in [0, 0.1) is 0 Å². The minimum absolute atomic E-state index is 0.558. The Labute approximate surface area is 145 Å². The van der Waals surface area contributed by atoms with Crippen LogP contribution >= 0.6 is 0 Å². The summed E-state index contributed by atoms with van der Waals surface area (Å²) in [6.07, 6.45) is 3.47. The number of benzene rings is 2. The summed E-state index contributed by atoms with van der Waals surface area (Å²) >= 11 is 0. The average Bonchev–Trinajstić information content (AvgIpc) is 2.61. The minimum Gasteiger partial charge on any atom is -0.478 e. The molecule has 2 aromatic rings. The van der Waals surface area contributed by atoms with Crippen LogP contribution < -0.4 is 10.6 Å². The van der Waals surface area contributed by atoms with Gasteiger partial charge in [-0.1, -0.05) is 30.3 Å². The van der Waals surface area contributed by atoms with Gasteiger partial charge in [0.25, 0.3) is 0 Å². The molecule has 0 amide bonds. The minimum atomic E-state index is -1.26. The third-order valence-electron chi connectivity index (χ3n) is 3.71. The molecule has 3 rings (SSSR count). The number of hydrogen-bond acceptors (Lipinski definition) is 4. The molecule has 25 heavy (non-hydrogen) atoms. The maximum Gasteiger partial charge on any atom is 0.328 e. The Morgan fingerprint density at radius 2 is 1.48 bits per heavy atom. The Balaban J connectivity index is 0.000000242. The lowest BCUT2D eigenvalue weighted by atomic mass is 10.0. The second-order valence-electron chi connectivity index (χ2n) is 5.45. The van der Waals surface area contributed by atoms with Crippen LogP contribution in [-0.2, 0) is 16.0 Å². The zero-order valence-electron chi connectivity index (χ0n) is 13.6. The summed E-state index contributed by atoms with van der Waals surface area (Å²) in [7, 11) is 0. The first-order valence-electron chi connectivity index (χ1n) is 7.83. The van der Waals surface area contributed by atoms with E-state index in [0.29, 0.717) is 12.2 Å². The van der Waals surface area contributed by atoms with E-state index in [1.807, 2.05) is 18.2 Å². The Morgan fingerprint density at radius 3 is 2.08 bits per heavy atom. The van der Waals surface area contributed by atoms with Crippen molar-refractivity contribution in [3.8, 4) is 0 Å². The predicted molar refractivity (Wildman–Crippen MR) is 97.0 cm³/mol. The lowest BCUT2D eigenvalue weighted by Crippen LogP contribution is -2.25. The van der Waals surface area contributed by atoms with Crippen molar-refractivity contribution in [3.05, 3.63) is 66.2 Å². The standard InChI is InChI=1S/C15H16N2.C4H4O4/c16-13-8-2-4-10-15(13)17-11-5-7-12-6-1-3-9-14(12)17;5-3(6)1-2-4(7)8/h1-4,6,8-10H,5,7,11,16H2;1-2H,(H,5,6)(H,7,8)/b;2-1-. The third-order valence-corrected chi connectivity index (χ3v) is 3.71. The van der Waals surface area contributed by atoms with Crippen LogP contribution in [0.15, 0.2) is 60.7 Å². The van der Waals surface area contributed by atoms with Crippen LogP contribution in [0.5, 0.6) is 0 Å². The van der Waals surface area contributed by atoms with E-state index >= 15 is 0 Å². The number of nitrogens with zero attached hydrogens (tertiary/aromatic N) is 1. The molecule has 0 saturated heterocycles. The highest BCUT2D eigenvalue weighted by Crippen LogP contribution is 2.35. The van der Waals surface area contributed by atoms with Crippen LogP contribution in [-0.4, -0.2) is 28.7 Å². The summed E-state index contributed by atoms with van der Waals surface area (Å²) in [4.78, 5) is 21.4. The summed E-state index contributed by atoms with van der Waals surface area (Å²) in [6.45, 7) is 1.05. The van der Waals surface area contributed by atoms with Crippen molar-refractivity contribution < 1.29 is 19.8 Å². The first kappa shape index (κ1) is 18.1. The number of rotatable bonds is 3. The maximum atomic E-state index is 9.55. The largest absolute Gasteiger partial charge is 0.478 e. The number of nitrogens with two attached hydrogens (primary N) is 1. The molecule has 0 aliphatic carbocycles. The SMILES string of the molecule is Nc1ccccc1N1CCCc2ccccc21.O=C(O)/C=C\C(=O)O. The van der Waals surface area contributed by atoms with E-state index < -0.39 is 11.9 Å². The van der Waals surface area contributed by atoms with E-state index in [0.717, 1.165) is 17.9 Å². The Hall–Kier alpha value is -3.28. The van der Waals surface area contributed by atoms with Crippen LogP contribution in [0.2, 0.25) is 0 Å². The maximum absolute atomic E-state index is 9.55. The molecule has 1 heterocycles. The number of aliphatic carboxylic acids is 2. The van der Waals surface area contributed by atoms with Crippen LogP contribution in [0.25, 0.3) is 0 Å². The third kappa shape index (κ3) is 5.10. The number of carboxylic acids is 2. The second-order valence-corrected chi connectivity index (χ2v) is 5.45. The molecule has 1 aliphatic rings. The number of fused-ring (bicyclic) bond motifs is 1. The molecule has 0 saturated carbocycles. The lowest BCUT2D eigenvalue weighted by molar-refractivity contribution is -0.134. The number of hydrogen-bond donors (Lipinski definition) is 3. The fraction of sp³-hybridized carbons (Fsp3) is 0.158. The Morgan fingerprint density at radius 1 is 0.920 bits per heavy atom. The number of carbonyl (C=O) groups is 2. The van der Waals surface area contributed by atoms with Crippen LogP contribution in [0.1, 0.15) is 12.0 Å². The molecule has 6 nitrogen and oxygen atoms in total. The zero-order valence-corrected chi connectivity index (χ0v) is 13.6. The number of carboxylic acid groups (broad SMARTS) is 2. The van der Waals surface area contributed by atoms with Gasteiger partial charge in [0.05, 0.1) is 11.4 Å². The molecule has 0 bridgehead atoms. The van der Waals surface area contributed by atoms with Gasteiger partial charge in [-0.15, -0.1) is 0 Å². The average molecular weight is 340 g/mol. The van der Waals surface area contributed by atoms with Crippen molar-refractivity contribution in [1.29, 1.82) is 0 Å². The molecule has 130 valence electrons. The van der Waals surface area contributed by atoms with Gasteiger partial charge in [0, 0.05) is 24.4 Å². The van der Waals surface area contributed by atoms with E-state index in [1.165, 1.54) is 24.1 Å². The molecular weight excluding hydrogens is 320 g/mol. The molecule has 4 N–H and O–H groups in total. The predicted octanol–water partition coefficient (Wildman–Crippen LogP) is 3.06. The summed E-state index contributed by atoms with van der Waals surface area (Å²) < 4.78 is 0. The monoisotopic (exact) mass is 340 g/mol. The highest BCUT2D eigenvalue weighted by Gasteiger charge is 2.18. The molecule has 6 heteroatoms. The quantitative estimate of drug-likeness (QED) is 0.586. The van der Waals surface area contributed by atoms with Crippen molar-refractivity contribution in [2.24, 2.45) is 0 Å². The van der Waals surface area contributed by atoms with E-state index in [1.54, 1.807) is 0 Å². The number of aryl methyl sites for hydroxylation is 1. The highest BCUT2D eigenvalue weighted by molar-refractivity contribution is 5.89. The summed E-state index contributed by atoms with van der Waals surface area (Å²) in [5.74, 6) is -2.51. The van der Waals surface area contributed by atoms with Gasteiger partial charge in [-0.2, -0.15) is 0 Å². The summed E-state index contributed by atoms with van der Waals surface area (Å²) in [5, 5.41) is 15.6. The van der Waals surface area contributed by atoms with Crippen molar-refractivity contribution in [2.45, 2.75) is 12.8 Å². The van der Waals surface area contributed by atoms with Gasteiger partial charge in [-0.05, 0) is 36.6 Å². The fourth-order valence-corrected chi connectivity index (χ4v) is 2.66. The van der Waals surface area contributed by atoms with Crippen molar-refractivity contribution in [1.82, 2.24) is 0 Å². The van der Waals surface area contributed by atoms with E-state index in [2.05, 4.69) is 35.2 Å². The van der Waals surface area contributed by atoms with Crippen LogP contribution in [0.3, 0.4) is 0 Å². The Bertz CT molecular complexity index is 770. The number of anilines is 3. The summed E-state index contributed by atoms with van der Waals surface area (Å²) in [6, 6.07) is 16.7. The molecule has 0 aromatic heterocycles. The molecular formula is C19H20N2O4. The van der Waals surface area contributed by atoms with Gasteiger partial charge in [-0.25, -0.2) is 9.59 Å². The van der Waals surface area contributed by atoms with E-state index in [4.69, 9.17) is 15.9 Å². The number of para-hydroxylation sites is 3. The van der Waals surface area contributed by atoms with Crippen molar-refractivity contribution in [2.75, 3.05) is 17.2 Å². The van der Waals surface area contributed by atoms with E-state index in [-0.39, 0.29) is 0 Å². The molecule has 0 unspecified atom stereocenters. The molecule has 0 radical (unpaired) electrons. The fourth-order valence-electron chi connectivity index (χ4n) is 2.66. The van der Waals surface area contributed by atoms with Gasteiger partial charge in [0.15, 0.2) is 0 Å². The first-order chi connectivity index (χ1) is 12.0. The second kappa shape index (κ2) is 8.54. The van der Waals surface area contributed by atoms with Gasteiger partial charge in [-0.3, -0.25) is 0 Å². The molecule has 0 atom stereocenters. The molecule has 0 spiro atoms. The van der Waals surface area contributed by atoms with Crippen molar-refractivity contribution >= 4 is 29.0 Å². The summed E-state index contributed by atoms with van der Waals surface area (Å²) in [5.41, 5.74) is 10.8. The van der Waals surface area contributed by atoms with Gasteiger partial charge >= 0.3 is 11.9 Å². The van der Waals surface area contributed by atoms with Crippen LogP contribution in [0.4, 0.5) is 17.1 Å². The molecule has 1 aliphatic heterocycles. The van der Waals surface area contributed by atoms with Gasteiger partial charge in [0.2, 0.25) is 0 Å². The smallest absolute Gasteiger partial charge is 0.328 e. The number of nitrogen functional groups attached to an aromatic ring is 1. The van der Waals surface area contributed by atoms with Gasteiger partial charge in [0.1, 0.15) is 0 Å². The molecule has 0 fully saturated rings. The van der Waals surface area contributed by atoms with Crippen molar-refractivity contribution in [3.63, 3.8) is 0 Å². The Kier molecular flexibility index (Phi) is 6.17. The first-order valence-corrected chi connectivity index (χ1v) is 7.83. The van der Waals surface area contributed by atoms with E-state index in [9.17, 15) is 9.59 Å². The molecule has 2 aromatic carbocycles. The lowest BCUT2D eigenvalue weighted by Gasteiger charge is -2.32. The normalized spacial score (nSPS) is 12.9. The topological polar surface area (TPSA) is 104 Å². The van der Waals surface area contributed by atoms with Gasteiger partial charge < -0.3 is 20.8 Å².